The Morgan fingerprint density at radius 3 is 1.93 bits per heavy atom. The van der Waals surface area contributed by atoms with Gasteiger partial charge in [-0.1, -0.05) is 60.7 Å². The minimum absolute atomic E-state index is 0.140. The van der Waals surface area contributed by atoms with E-state index in [1.807, 2.05) is 77.7 Å². The Morgan fingerprint density at radius 2 is 1.38 bits per heavy atom. The first-order valence-electron chi connectivity index (χ1n) is 10.0. The normalized spacial score (nSPS) is 14.1. The molecule has 0 radical (unpaired) electrons. The van der Waals surface area contributed by atoms with Gasteiger partial charge in [-0.2, -0.15) is 0 Å². The van der Waals surface area contributed by atoms with Crippen LogP contribution >= 0.6 is 0 Å². The first-order chi connectivity index (χ1) is 14.2. The van der Waals surface area contributed by atoms with Gasteiger partial charge in [-0.3, -0.25) is 9.59 Å². The van der Waals surface area contributed by atoms with Crippen molar-refractivity contribution in [3.05, 3.63) is 102 Å². The number of rotatable bonds is 5. The number of hydrogen-bond acceptors (Lipinski definition) is 2. The molecule has 1 heterocycles. The van der Waals surface area contributed by atoms with Gasteiger partial charge in [0, 0.05) is 24.2 Å². The molecule has 1 fully saturated rings. The van der Waals surface area contributed by atoms with Crippen molar-refractivity contribution < 1.29 is 9.59 Å². The summed E-state index contributed by atoms with van der Waals surface area (Å²) < 4.78 is 0. The van der Waals surface area contributed by atoms with Gasteiger partial charge in [-0.25, -0.2) is 0 Å². The number of nitrogens with zero attached hydrogens (tertiary/aromatic N) is 1. The highest BCUT2D eigenvalue weighted by Crippen LogP contribution is 2.24. The number of nitrogens with one attached hydrogen (secondary N) is 1. The van der Waals surface area contributed by atoms with E-state index < -0.39 is 0 Å². The maximum atomic E-state index is 13.0. The van der Waals surface area contributed by atoms with Gasteiger partial charge in [0.1, 0.15) is 0 Å². The van der Waals surface area contributed by atoms with Crippen molar-refractivity contribution in [2.45, 2.75) is 25.3 Å². The summed E-state index contributed by atoms with van der Waals surface area (Å²) in [6.45, 7) is 0.745. The zero-order valence-corrected chi connectivity index (χ0v) is 16.3. The zero-order valence-electron chi connectivity index (χ0n) is 16.3. The van der Waals surface area contributed by atoms with Crippen molar-refractivity contribution in [2.24, 2.45) is 0 Å². The third kappa shape index (κ3) is 4.37. The van der Waals surface area contributed by atoms with E-state index in [2.05, 4.69) is 5.32 Å². The number of benzene rings is 3. The Bertz CT molecular complexity index is 929. The predicted molar refractivity (Wildman–Crippen MR) is 115 cm³/mol. The lowest BCUT2D eigenvalue weighted by Crippen LogP contribution is -2.35. The molecule has 0 unspecified atom stereocenters. The SMILES string of the molecule is O=C(NC(c1ccccc1)c1ccccc1)c1ccc(N2CCCCC2=O)cc1. The Labute approximate surface area is 171 Å². The van der Waals surface area contributed by atoms with Crippen molar-refractivity contribution in [1.29, 1.82) is 0 Å². The largest absolute Gasteiger partial charge is 0.341 e. The smallest absolute Gasteiger partial charge is 0.252 e. The maximum Gasteiger partial charge on any atom is 0.252 e. The van der Waals surface area contributed by atoms with E-state index in [4.69, 9.17) is 0 Å². The van der Waals surface area contributed by atoms with Crippen LogP contribution in [0, 0.1) is 0 Å². The number of anilines is 1. The molecular formula is C25H24N2O2. The number of amides is 2. The minimum Gasteiger partial charge on any atom is -0.341 e. The van der Waals surface area contributed by atoms with Crippen LogP contribution in [0.25, 0.3) is 0 Å². The van der Waals surface area contributed by atoms with Gasteiger partial charge in [0.05, 0.1) is 6.04 Å². The fourth-order valence-electron chi connectivity index (χ4n) is 3.74. The third-order valence-electron chi connectivity index (χ3n) is 5.31. The molecular weight excluding hydrogens is 360 g/mol. The first-order valence-corrected chi connectivity index (χ1v) is 10.0. The highest BCUT2D eigenvalue weighted by Gasteiger charge is 2.21. The van der Waals surface area contributed by atoms with Crippen LogP contribution in [0.2, 0.25) is 0 Å². The van der Waals surface area contributed by atoms with E-state index in [9.17, 15) is 9.59 Å². The molecule has 29 heavy (non-hydrogen) atoms. The lowest BCUT2D eigenvalue weighted by Gasteiger charge is -2.27. The monoisotopic (exact) mass is 384 g/mol. The van der Waals surface area contributed by atoms with Gasteiger partial charge in [-0.05, 0) is 48.2 Å². The molecule has 0 aromatic heterocycles. The second-order valence-electron chi connectivity index (χ2n) is 7.28. The summed E-state index contributed by atoms with van der Waals surface area (Å²) in [5, 5.41) is 3.15. The Balaban J connectivity index is 1.54. The van der Waals surface area contributed by atoms with Crippen LogP contribution in [-0.2, 0) is 4.79 Å². The van der Waals surface area contributed by atoms with E-state index in [0.29, 0.717) is 12.0 Å². The molecule has 0 bridgehead atoms. The quantitative estimate of drug-likeness (QED) is 0.692. The molecule has 1 N–H and O–H groups in total. The van der Waals surface area contributed by atoms with Gasteiger partial charge in [0.25, 0.3) is 5.91 Å². The molecule has 3 aromatic carbocycles. The molecule has 0 spiro atoms. The highest BCUT2D eigenvalue weighted by molar-refractivity contribution is 5.97. The summed E-state index contributed by atoms with van der Waals surface area (Å²) in [5.41, 5.74) is 3.49. The van der Waals surface area contributed by atoms with Crippen LogP contribution in [0.15, 0.2) is 84.9 Å². The average molecular weight is 384 g/mol. The molecule has 3 aromatic rings. The molecule has 1 aliphatic heterocycles. The zero-order chi connectivity index (χ0) is 20.1. The summed E-state index contributed by atoms with van der Waals surface area (Å²) in [5.74, 6) is 0.0147. The van der Waals surface area contributed by atoms with Gasteiger partial charge in [0.15, 0.2) is 0 Å². The molecule has 0 aliphatic carbocycles. The van der Waals surface area contributed by atoms with E-state index in [-0.39, 0.29) is 17.9 Å². The molecule has 1 aliphatic rings. The summed E-state index contributed by atoms with van der Waals surface area (Å²) >= 11 is 0. The summed E-state index contributed by atoms with van der Waals surface area (Å²) in [4.78, 5) is 26.9. The predicted octanol–water partition coefficient (Wildman–Crippen LogP) is 4.72. The topological polar surface area (TPSA) is 49.4 Å². The molecule has 0 saturated carbocycles. The van der Waals surface area contributed by atoms with Crippen LogP contribution < -0.4 is 10.2 Å². The minimum atomic E-state index is -0.228. The molecule has 146 valence electrons. The molecule has 2 amide bonds. The standard InChI is InChI=1S/C25H24N2O2/c28-23-13-7-8-18-27(23)22-16-14-21(15-17-22)25(29)26-24(19-9-3-1-4-10-19)20-11-5-2-6-12-20/h1-6,9-12,14-17,24H,7-8,13,18H2,(H,26,29). The third-order valence-corrected chi connectivity index (χ3v) is 5.31. The van der Waals surface area contributed by atoms with Crippen molar-refractivity contribution in [2.75, 3.05) is 11.4 Å². The number of piperidine rings is 1. The van der Waals surface area contributed by atoms with Gasteiger partial charge < -0.3 is 10.2 Å². The Kier molecular flexibility index (Phi) is 5.71. The van der Waals surface area contributed by atoms with Crippen LogP contribution in [0.4, 0.5) is 5.69 Å². The van der Waals surface area contributed by atoms with Crippen molar-refractivity contribution in [1.82, 2.24) is 5.32 Å². The van der Waals surface area contributed by atoms with Crippen LogP contribution in [-0.4, -0.2) is 18.4 Å². The molecule has 4 nitrogen and oxygen atoms in total. The van der Waals surface area contributed by atoms with Crippen molar-refractivity contribution in [3.63, 3.8) is 0 Å². The molecule has 4 rings (SSSR count). The lowest BCUT2D eigenvalue weighted by molar-refractivity contribution is -0.119. The molecule has 4 heteroatoms. The molecule has 1 saturated heterocycles. The molecule has 0 atom stereocenters. The summed E-state index contributed by atoms with van der Waals surface area (Å²) in [7, 11) is 0. The fourth-order valence-corrected chi connectivity index (χ4v) is 3.74. The van der Waals surface area contributed by atoms with E-state index in [1.165, 1.54) is 0 Å². The van der Waals surface area contributed by atoms with Gasteiger partial charge >= 0.3 is 0 Å². The number of hydrogen-bond donors (Lipinski definition) is 1. The Morgan fingerprint density at radius 1 is 0.793 bits per heavy atom. The summed E-state index contributed by atoms with van der Waals surface area (Å²) in [6.07, 6.45) is 2.57. The average Bonchev–Trinajstić information content (AvgIpc) is 2.79. The maximum absolute atomic E-state index is 13.0. The van der Waals surface area contributed by atoms with E-state index in [0.717, 1.165) is 36.2 Å². The highest BCUT2D eigenvalue weighted by atomic mass is 16.2. The fraction of sp³-hybridized carbons (Fsp3) is 0.200. The number of carbonyl (C=O) groups is 2. The van der Waals surface area contributed by atoms with E-state index >= 15 is 0 Å². The van der Waals surface area contributed by atoms with Gasteiger partial charge in [0.2, 0.25) is 5.91 Å². The van der Waals surface area contributed by atoms with Crippen molar-refractivity contribution in [3.8, 4) is 0 Å². The van der Waals surface area contributed by atoms with E-state index in [1.54, 1.807) is 12.1 Å². The Hall–Kier alpha value is -3.40. The number of carbonyl (C=O) groups excluding carboxylic acids is 2. The van der Waals surface area contributed by atoms with Crippen LogP contribution in [0.3, 0.4) is 0 Å². The second kappa shape index (κ2) is 8.74. The summed E-state index contributed by atoms with van der Waals surface area (Å²) in [6, 6.07) is 27.0. The van der Waals surface area contributed by atoms with Crippen molar-refractivity contribution >= 4 is 17.5 Å². The lowest BCUT2D eigenvalue weighted by atomic mass is 9.98. The first kappa shape index (κ1) is 18.9. The van der Waals surface area contributed by atoms with Crippen LogP contribution in [0.1, 0.15) is 46.8 Å². The van der Waals surface area contributed by atoms with Crippen LogP contribution in [0.5, 0.6) is 0 Å². The van der Waals surface area contributed by atoms with Gasteiger partial charge in [-0.15, -0.1) is 0 Å². The second-order valence-corrected chi connectivity index (χ2v) is 7.28.